The van der Waals surface area contributed by atoms with E-state index in [1.165, 1.54) is 6.07 Å². The molecule has 4 nitrogen and oxygen atoms in total. The third-order valence-corrected chi connectivity index (χ3v) is 6.35. The molecule has 0 aliphatic heterocycles. The molecule has 0 bridgehead atoms. The summed E-state index contributed by atoms with van der Waals surface area (Å²) in [5.74, 6) is 0.244. The Balaban J connectivity index is 1.55. The zero-order valence-corrected chi connectivity index (χ0v) is 20.6. The summed E-state index contributed by atoms with van der Waals surface area (Å²) in [6.45, 7) is 0.478. The molecule has 0 spiro atoms. The number of guanidine groups is 1. The first-order valence-corrected chi connectivity index (χ1v) is 12.0. The smallest absolute Gasteiger partial charge is 0.201 e. The molecule has 172 valence electrons. The normalized spacial score (nSPS) is 11.4. The molecule has 8 heteroatoms. The average Bonchev–Trinajstić information content (AvgIpc) is 2.86. The van der Waals surface area contributed by atoms with E-state index in [-0.39, 0.29) is 5.82 Å². The minimum atomic E-state index is -0.287. The van der Waals surface area contributed by atoms with E-state index in [9.17, 15) is 4.39 Å². The van der Waals surface area contributed by atoms with Crippen LogP contribution in [0.1, 0.15) is 5.56 Å². The molecular formula is C26H21Cl2FN4S. The SMILES string of the molecule is CN=C(NCc1cnc(-c2ccc(Cl)cc2)c(-c2ccc(Cl)cc2)c1)NSc1ccccc1F. The Morgan fingerprint density at radius 2 is 1.59 bits per heavy atom. The molecule has 34 heavy (non-hydrogen) atoms. The maximum absolute atomic E-state index is 13.9. The van der Waals surface area contributed by atoms with Crippen LogP contribution in [0.4, 0.5) is 4.39 Å². The van der Waals surface area contributed by atoms with Crippen LogP contribution in [-0.4, -0.2) is 18.0 Å². The Kier molecular flexibility index (Phi) is 8.06. The number of aliphatic imine (C=N–C) groups is 1. The van der Waals surface area contributed by atoms with Crippen LogP contribution in [-0.2, 0) is 6.54 Å². The predicted octanol–water partition coefficient (Wildman–Crippen LogP) is 7.23. The summed E-state index contributed by atoms with van der Waals surface area (Å²) in [4.78, 5) is 9.46. The fourth-order valence-corrected chi connectivity index (χ4v) is 4.20. The van der Waals surface area contributed by atoms with Gasteiger partial charge >= 0.3 is 0 Å². The van der Waals surface area contributed by atoms with Gasteiger partial charge in [-0.3, -0.25) is 14.7 Å². The van der Waals surface area contributed by atoms with Gasteiger partial charge in [0.2, 0.25) is 5.96 Å². The van der Waals surface area contributed by atoms with E-state index >= 15 is 0 Å². The molecule has 0 saturated heterocycles. The Morgan fingerprint density at radius 1 is 0.941 bits per heavy atom. The average molecular weight is 511 g/mol. The highest BCUT2D eigenvalue weighted by Gasteiger charge is 2.12. The van der Waals surface area contributed by atoms with Crippen LogP contribution in [0.25, 0.3) is 22.4 Å². The van der Waals surface area contributed by atoms with Gasteiger partial charge in [0.05, 0.1) is 10.6 Å². The van der Waals surface area contributed by atoms with Gasteiger partial charge in [-0.1, -0.05) is 59.6 Å². The van der Waals surface area contributed by atoms with Crippen LogP contribution in [0.2, 0.25) is 10.0 Å². The molecule has 4 aromatic rings. The molecule has 0 aliphatic carbocycles. The lowest BCUT2D eigenvalue weighted by molar-refractivity contribution is 0.602. The van der Waals surface area contributed by atoms with E-state index < -0.39 is 0 Å². The van der Waals surface area contributed by atoms with Crippen molar-refractivity contribution in [2.24, 2.45) is 4.99 Å². The second-order valence-electron chi connectivity index (χ2n) is 7.31. The van der Waals surface area contributed by atoms with Crippen LogP contribution in [0.3, 0.4) is 0 Å². The molecule has 3 aromatic carbocycles. The molecule has 1 aromatic heterocycles. The molecule has 1 heterocycles. The van der Waals surface area contributed by atoms with Crippen LogP contribution in [0.5, 0.6) is 0 Å². The topological polar surface area (TPSA) is 49.3 Å². The van der Waals surface area contributed by atoms with E-state index in [4.69, 9.17) is 28.2 Å². The fraction of sp³-hybridized carbons (Fsp3) is 0.0769. The van der Waals surface area contributed by atoms with Crippen LogP contribution in [0.15, 0.2) is 94.9 Å². The molecule has 0 unspecified atom stereocenters. The monoisotopic (exact) mass is 510 g/mol. The van der Waals surface area contributed by atoms with E-state index in [0.29, 0.717) is 27.4 Å². The number of pyridine rings is 1. The number of hydrogen-bond donors (Lipinski definition) is 2. The third-order valence-electron chi connectivity index (χ3n) is 5.00. The summed E-state index contributed by atoms with van der Waals surface area (Å²) in [6.07, 6.45) is 1.83. The first-order valence-electron chi connectivity index (χ1n) is 10.4. The molecular weight excluding hydrogens is 490 g/mol. The minimum Gasteiger partial charge on any atom is -0.352 e. The van der Waals surface area contributed by atoms with Gasteiger partial charge in [-0.15, -0.1) is 0 Å². The Labute approximate surface area is 212 Å². The summed E-state index contributed by atoms with van der Waals surface area (Å²) in [7, 11) is 1.66. The second-order valence-corrected chi connectivity index (χ2v) is 9.03. The fourth-order valence-electron chi connectivity index (χ4n) is 3.27. The largest absolute Gasteiger partial charge is 0.352 e. The van der Waals surface area contributed by atoms with Crippen molar-refractivity contribution in [3.05, 3.63) is 106 Å². The van der Waals surface area contributed by atoms with E-state index in [0.717, 1.165) is 39.9 Å². The number of halogens is 3. The zero-order valence-electron chi connectivity index (χ0n) is 18.2. The standard InChI is InChI=1S/C26H21Cl2FN4S/c1-30-26(33-34-24-5-3-2-4-23(24)29)32-16-17-14-22(18-6-10-20(27)11-7-18)25(31-15-17)19-8-12-21(28)13-9-19/h2-15H,16H2,1H3,(H2,30,32,33). The van der Waals surface area contributed by atoms with Crippen LogP contribution in [0, 0.1) is 5.82 Å². The van der Waals surface area contributed by atoms with Crippen molar-refractivity contribution in [1.82, 2.24) is 15.0 Å². The molecule has 0 atom stereocenters. The Morgan fingerprint density at radius 3 is 2.24 bits per heavy atom. The molecule has 0 amide bonds. The molecule has 0 radical (unpaired) electrons. The number of benzene rings is 3. The van der Waals surface area contributed by atoms with E-state index in [2.05, 4.69) is 21.1 Å². The highest BCUT2D eigenvalue weighted by atomic mass is 35.5. The summed E-state index contributed by atoms with van der Waals surface area (Å²) < 4.78 is 16.9. The first-order chi connectivity index (χ1) is 16.5. The van der Waals surface area contributed by atoms with Crippen molar-refractivity contribution < 1.29 is 4.39 Å². The maximum atomic E-state index is 13.9. The predicted molar refractivity (Wildman–Crippen MR) is 141 cm³/mol. The van der Waals surface area contributed by atoms with Gasteiger partial charge in [0.15, 0.2) is 0 Å². The van der Waals surface area contributed by atoms with Crippen molar-refractivity contribution in [2.75, 3.05) is 7.05 Å². The molecule has 0 saturated carbocycles. The van der Waals surface area contributed by atoms with E-state index in [1.807, 2.05) is 54.7 Å². The van der Waals surface area contributed by atoms with E-state index in [1.54, 1.807) is 25.2 Å². The minimum absolute atomic E-state index is 0.287. The Bertz CT molecular complexity index is 1300. The van der Waals surface area contributed by atoms with Crippen molar-refractivity contribution in [1.29, 1.82) is 0 Å². The number of rotatable bonds is 6. The highest BCUT2D eigenvalue weighted by Crippen LogP contribution is 2.32. The van der Waals surface area contributed by atoms with Crippen LogP contribution < -0.4 is 10.0 Å². The van der Waals surface area contributed by atoms with Crippen molar-refractivity contribution in [3.8, 4) is 22.4 Å². The summed E-state index contributed by atoms with van der Waals surface area (Å²) in [5, 5.41) is 4.59. The number of nitrogens with zero attached hydrogens (tertiary/aromatic N) is 2. The number of nitrogens with one attached hydrogen (secondary N) is 2. The third kappa shape index (κ3) is 6.08. The summed E-state index contributed by atoms with van der Waals surface area (Å²) in [6, 6.07) is 23.9. The van der Waals surface area contributed by atoms with Crippen molar-refractivity contribution in [2.45, 2.75) is 11.4 Å². The summed E-state index contributed by atoms with van der Waals surface area (Å²) in [5.41, 5.74) is 4.75. The molecule has 2 N–H and O–H groups in total. The molecule has 0 fully saturated rings. The van der Waals surface area contributed by atoms with Gasteiger partial charge in [-0.05, 0) is 65.5 Å². The second kappa shape index (κ2) is 11.4. The lowest BCUT2D eigenvalue weighted by Crippen LogP contribution is -2.32. The van der Waals surface area contributed by atoms with Gasteiger partial charge in [0.25, 0.3) is 0 Å². The zero-order chi connectivity index (χ0) is 23.9. The van der Waals surface area contributed by atoms with Crippen LogP contribution >= 0.6 is 35.1 Å². The van der Waals surface area contributed by atoms with Gasteiger partial charge in [0.1, 0.15) is 5.82 Å². The highest BCUT2D eigenvalue weighted by molar-refractivity contribution is 7.98. The molecule has 4 rings (SSSR count). The van der Waals surface area contributed by atoms with Gasteiger partial charge < -0.3 is 5.32 Å². The van der Waals surface area contributed by atoms with Crippen molar-refractivity contribution in [3.63, 3.8) is 0 Å². The Hall–Kier alpha value is -3.06. The van der Waals surface area contributed by atoms with Crippen molar-refractivity contribution >= 4 is 41.1 Å². The first kappa shape index (κ1) is 24.1. The van der Waals surface area contributed by atoms with Gasteiger partial charge in [-0.2, -0.15) is 0 Å². The quantitative estimate of drug-likeness (QED) is 0.163. The number of hydrogen-bond acceptors (Lipinski definition) is 3. The number of aromatic nitrogens is 1. The molecule has 0 aliphatic rings. The van der Waals surface area contributed by atoms with Gasteiger partial charge in [-0.25, -0.2) is 4.39 Å². The lowest BCUT2D eigenvalue weighted by atomic mass is 9.98. The lowest BCUT2D eigenvalue weighted by Gasteiger charge is -2.14. The van der Waals surface area contributed by atoms with Gasteiger partial charge in [0, 0.05) is 41.0 Å². The summed E-state index contributed by atoms with van der Waals surface area (Å²) >= 11 is 13.3. The maximum Gasteiger partial charge on any atom is 0.201 e.